The predicted molar refractivity (Wildman–Crippen MR) is 217 cm³/mol. The van der Waals surface area contributed by atoms with Crippen molar-refractivity contribution >= 4 is 27.5 Å². The summed E-state index contributed by atoms with van der Waals surface area (Å²) in [7, 11) is 0. The van der Waals surface area contributed by atoms with Crippen LogP contribution in [0.4, 0.5) is 5.69 Å². The van der Waals surface area contributed by atoms with Crippen molar-refractivity contribution in [3.63, 3.8) is 0 Å². The highest BCUT2D eigenvalue weighted by atomic mass is 15.0. The number of benzene rings is 7. The van der Waals surface area contributed by atoms with Crippen LogP contribution in [0.5, 0.6) is 0 Å². The molecule has 0 radical (unpaired) electrons. The first-order chi connectivity index (χ1) is 26.2. The van der Waals surface area contributed by atoms with Gasteiger partial charge in [0, 0.05) is 23.2 Å². The summed E-state index contributed by atoms with van der Waals surface area (Å²) in [5.41, 5.74) is 13.8. The number of aromatic nitrogens is 2. The summed E-state index contributed by atoms with van der Waals surface area (Å²) in [5.74, 6) is 0. The van der Waals surface area contributed by atoms with Crippen LogP contribution in [-0.2, 0) is 0 Å². The van der Waals surface area contributed by atoms with Gasteiger partial charge in [0.25, 0.3) is 0 Å². The molecule has 0 spiro atoms. The minimum absolute atomic E-state index is 0.404. The molecule has 2 aromatic heterocycles. The first kappa shape index (κ1) is 31.5. The molecule has 0 N–H and O–H groups in total. The lowest BCUT2D eigenvalue weighted by molar-refractivity contribution is 1.17. The monoisotopic (exact) mass is 674 g/mol. The van der Waals surface area contributed by atoms with E-state index in [0.717, 1.165) is 77.4 Å². The van der Waals surface area contributed by atoms with Gasteiger partial charge in [-0.3, -0.25) is 4.98 Å². The van der Waals surface area contributed by atoms with Crippen molar-refractivity contribution in [2.24, 2.45) is 0 Å². The van der Waals surface area contributed by atoms with Crippen molar-refractivity contribution in [2.75, 3.05) is 0 Å². The molecule has 0 amide bonds. The molecular formula is C49H30N4. The second kappa shape index (κ2) is 13.3. The van der Waals surface area contributed by atoms with Crippen LogP contribution in [0.15, 0.2) is 182 Å². The van der Waals surface area contributed by atoms with Crippen LogP contribution in [0.25, 0.3) is 88.0 Å². The third-order valence-corrected chi connectivity index (χ3v) is 9.96. The minimum Gasteiger partial charge on any atom is -0.318 e. The summed E-state index contributed by atoms with van der Waals surface area (Å²) in [6, 6.07) is 60.6. The molecule has 2 heterocycles. The SMILES string of the molecule is [C-]#[N+]c1cc(-c2ccccc2-c2cccc(-c3ccccc3)c2)cc(C#N)c1-n1c2ccncc2c2cc(-c3ccccc3-c3ccccc3)ccc21. The average molecular weight is 675 g/mol. The van der Waals surface area contributed by atoms with Gasteiger partial charge < -0.3 is 4.57 Å². The number of hydrogen-bond acceptors (Lipinski definition) is 2. The quantitative estimate of drug-likeness (QED) is 0.165. The van der Waals surface area contributed by atoms with Crippen molar-refractivity contribution in [1.82, 2.24) is 9.55 Å². The van der Waals surface area contributed by atoms with Crippen LogP contribution in [-0.4, -0.2) is 9.55 Å². The van der Waals surface area contributed by atoms with E-state index in [1.54, 1.807) is 6.20 Å². The summed E-state index contributed by atoms with van der Waals surface area (Å²) in [4.78, 5) is 8.57. The molecule has 53 heavy (non-hydrogen) atoms. The normalized spacial score (nSPS) is 11.0. The highest BCUT2D eigenvalue weighted by Crippen LogP contribution is 2.43. The Morgan fingerprint density at radius 2 is 1.06 bits per heavy atom. The molecule has 4 heteroatoms. The van der Waals surface area contributed by atoms with E-state index in [2.05, 4.69) is 136 Å². The number of nitrogens with zero attached hydrogens (tertiary/aromatic N) is 4. The second-order valence-electron chi connectivity index (χ2n) is 13.0. The fourth-order valence-electron chi connectivity index (χ4n) is 7.54. The van der Waals surface area contributed by atoms with Crippen LogP contribution in [0.2, 0.25) is 0 Å². The molecule has 0 aliphatic rings. The summed E-state index contributed by atoms with van der Waals surface area (Å²) >= 11 is 0. The Labute approximate surface area is 308 Å². The number of hydrogen-bond donors (Lipinski definition) is 0. The first-order valence-corrected chi connectivity index (χ1v) is 17.5. The van der Waals surface area contributed by atoms with Gasteiger partial charge in [-0.2, -0.15) is 5.26 Å². The maximum absolute atomic E-state index is 10.8. The Morgan fingerprint density at radius 1 is 0.491 bits per heavy atom. The van der Waals surface area contributed by atoms with Crippen molar-refractivity contribution in [3.8, 4) is 67.4 Å². The van der Waals surface area contributed by atoms with Crippen molar-refractivity contribution in [1.29, 1.82) is 5.26 Å². The van der Waals surface area contributed by atoms with Gasteiger partial charge in [0.05, 0.1) is 34.9 Å². The maximum Gasteiger partial charge on any atom is 0.212 e. The van der Waals surface area contributed by atoms with Gasteiger partial charge in [-0.15, -0.1) is 0 Å². The summed E-state index contributed by atoms with van der Waals surface area (Å²) in [6.45, 7) is 8.42. The molecular weight excluding hydrogens is 645 g/mol. The van der Waals surface area contributed by atoms with Crippen molar-refractivity contribution in [3.05, 3.63) is 199 Å². The third-order valence-electron chi connectivity index (χ3n) is 9.96. The van der Waals surface area contributed by atoms with Crippen LogP contribution < -0.4 is 0 Å². The van der Waals surface area contributed by atoms with Crippen LogP contribution in [0, 0.1) is 17.9 Å². The first-order valence-electron chi connectivity index (χ1n) is 17.5. The zero-order chi connectivity index (χ0) is 35.7. The summed E-state index contributed by atoms with van der Waals surface area (Å²) in [6.07, 6.45) is 3.64. The molecule has 0 aliphatic carbocycles. The number of pyridine rings is 1. The van der Waals surface area contributed by atoms with Gasteiger partial charge in [0.2, 0.25) is 5.69 Å². The van der Waals surface area contributed by atoms with E-state index >= 15 is 0 Å². The Hall–Kier alpha value is -7.53. The standard InChI is InChI=1S/C49H30N4/c1-51-46-30-38(43-22-11-10-20-41(43)36-18-12-17-35(27-36)33-13-4-2-5-14-33)28-39(31-50)49(46)53-47-24-23-37(29-44(47)45-32-52-26-25-48(45)53)42-21-9-8-19-40(42)34-15-6-3-7-16-34/h2-30,32H. The number of nitriles is 1. The van der Waals surface area contributed by atoms with Gasteiger partial charge in [0.15, 0.2) is 0 Å². The van der Waals surface area contributed by atoms with Gasteiger partial charge in [-0.25, -0.2) is 4.85 Å². The van der Waals surface area contributed by atoms with E-state index in [0.29, 0.717) is 16.9 Å². The Morgan fingerprint density at radius 3 is 1.74 bits per heavy atom. The number of rotatable bonds is 6. The molecule has 0 saturated heterocycles. The minimum atomic E-state index is 0.404. The van der Waals surface area contributed by atoms with Crippen LogP contribution in [0.1, 0.15) is 5.56 Å². The molecule has 0 atom stereocenters. The van der Waals surface area contributed by atoms with Crippen LogP contribution in [0.3, 0.4) is 0 Å². The van der Waals surface area contributed by atoms with E-state index in [-0.39, 0.29) is 0 Å². The van der Waals surface area contributed by atoms with E-state index in [1.807, 2.05) is 60.8 Å². The average Bonchev–Trinajstić information content (AvgIpc) is 3.57. The molecule has 9 rings (SSSR count). The summed E-state index contributed by atoms with van der Waals surface area (Å²) in [5, 5.41) is 12.7. The lowest BCUT2D eigenvalue weighted by atomic mass is 9.91. The zero-order valence-electron chi connectivity index (χ0n) is 28.6. The summed E-state index contributed by atoms with van der Waals surface area (Å²) < 4.78 is 2.06. The molecule has 246 valence electrons. The van der Waals surface area contributed by atoms with Crippen LogP contribution >= 0.6 is 0 Å². The van der Waals surface area contributed by atoms with E-state index < -0.39 is 0 Å². The van der Waals surface area contributed by atoms with Gasteiger partial charge in [0.1, 0.15) is 0 Å². The van der Waals surface area contributed by atoms with E-state index in [9.17, 15) is 5.26 Å². The maximum atomic E-state index is 10.8. The largest absolute Gasteiger partial charge is 0.318 e. The smallest absolute Gasteiger partial charge is 0.212 e. The van der Waals surface area contributed by atoms with E-state index in [1.165, 1.54) is 0 Å². The molecule has 0 unspecified atom stereocenters. The zero-order valence-corrected chi connectivity index (χ0v) is 28.6. The van der Waals surface area contributed by atoms with Crippen molar-refractivity contribution in [2.45, 2.75) is 0 Å². The van der Waals surface area contributed by atoms with E-state index in [4.69, 9.17) is 6.57 Å². The molecule has 0 saturated carbocycles. The van der Waals surface area contributed by atoms with Gasteiger partial charge in [-0.05, 0) is 92.0 Å². The Kier molecular flexibility index (Phi) is 7.90. The predicted octanol–water partition coefficient (Wildman–Crippen LogP) is 12.9. The highest BCUT2D eigenvalue weighted by Gasteiger charge is 2.21. The molecule has 0 aliphatic heterocycles. The third kappa shape index (κ3) is 5.53. The number of fused-ring (bicyclic) bond motifs is 3. The van der Waals surface area contributed by atoms with Gasteiger partial charge in [-0.1, -0.05) is 133 Å². The fraction of sp³-hybridized carbons (Fsp3) is 0. The molecule has 0 bridgehead atoms. The van der Waals surface area contributed by atoms with Gasteiger partial charge >= 0.3 is 0 Å². The fourth-order valence-corrected chi connectivity index (χ4v) is 7.54. The molecule has 0 fully saturated rings. The lowest BCUT2D eigenvalue weighted by Crippen LogP contribution is -1.99. The molecule has 4 nitrogen and oxygen atoms in total. The molecule has 7 aromatic carbocycles. The highest BCUT2D eigenvalue weighted by molar-refractivity contribution is 6.11. The molecule has 9 aromatic rings. The van der Waals surface area contributed by atoms with Crippen molar-refractivity contribution < 1.29 is 0 Å². The second-order valence-corrected chi connectivity index (χ2v) is 13.0. The Bertz CT molecular complexity index is 2870. The Balaban J connectivity index is 1.21. The topological polar surface area (TPSA) is 46.0 Å². The lowest BCUT2D eigenvalue weighted by Gasteiger charge is -2.16.